The summed E-state index contributed by atoms with van der Waals surface area (Å²) >= 11 is 5.94. The van der Waals surface area contributed by atoms with Crippen LogP contribution in [0.2, 0.25) is 5.02 Å². The lowest BCUT2D eigenvalue weighted by atomic mass is 10.3. The third kappa shape index (κ3) is 2.17. The third-order valence-electron chi connectivity index (χ3n) is 3.00. The minimum absolute atomic E-state index is 0.0685. The maximum atomic E-state index is 12.6. The molecular formula is C14H8ClN3O2S. The summed E-state index contributed by atoms with van der Waals surface area (Å²) in [6, 6.07) is 12.9. The molecule has 0 saturated heterocycles. The van der Waals surface area contributed by atoms with Crippen LogP contribution in [0.15, 0.2) is 53.6 Å². The highest BCUT2D eigenvalue weighted by molar-refractivity contribution is 7.90. The number of nitriles is 1. The molecule has 0 aliphatic rings. The van der Waals surface area contributed by atoms with Gasteiger partial charge in [0, 0.05) is 6.20 Å². The first-order valence-electron chi connectivity index (χ1n) is 5.92. The fraction of sp³-hybridized carbons (Fsp3) is 0. The maximum absolute atomic E-state index is 12.6. The van der Waals surface area contributed by atoms with Gasteiger partial charge in [-0.3, -0.25) is 0 Å². The van der Waals surface area contributed by atoms with Crippen molar-refractivity contribution < 1.29 is 8.42 Å². The van der Waals surface area contributed by atoms with Crippen LogP contribution in [-0.2, 0) is 10.0 Å². The number of pyridine rings is 1. The fourth-order valence-electron chi connectivity index (χ4n) is 2.01. The van der Waals surface area contributed by atoms with Crippen LogP contribution < -0.4 is 0 Å². The van der Waals surface area contributed by atoms with E-state index in [9.17, 15) is 8.42 Å². The summed E-state index contributed by atoms with van der Waals surface area (Å²) in [7, 11) is -3.72. The molecule has 0 bridgehead atoms. The van der Waals surface area contributed by atoms with Gasteiger partial charge >= 0.3 is 0 Å². The quantitative estimate of drug-likeness (QED) is 0.728. The second-order valence-electron chi connectivity index (χ2n) is 4.26. The predicted molar refractivity (Wildman–Crippen MR) is 78.5 cm³/mol. The molecule has 21 heavy (non-hydrogen) atoms. The summed E-state index contributed by atoms with van der Waals surface area (Å²) in [6.45, 7) is 0. The van der Waals surface area contributed by atoms with Gasteiger partial charge in [0.25, 0.3) is 10.0 Å². The number of nitrogens with zero attached hydrogens (tertiary/aromatic N) is 3. The van der Waals surface area contributed by atoms with Crippen molar-refractivity contribution in [3.8, 4) is 6.07 Å². The summed E-state index contributed by atoms with van der Waals surface area (Å²) in [6.07, 6.45) is 1.40. The van der Waals surface area contributed by atoms with Crippen LogP contribution >= 0.6 is 11.6 Å². The van der Waals surface area contributed by atoms with Crippen molar-refractivity contribution in [1.82, 2.24) is 8.96 Å². The second kappa shape index (κ2) is 4.88. The largest absolute Gasteiger partial charge is 0.268 e. The molecule has 0 unspecified atom stereocenters. The number of benzene rings is 1. The molecule has 3 aromatic rings. The van der Waals surface area contributed by atoms with E-state index >= 15 is 0 Å². The molecule has 0 aliphatic carbocycles. The summed E-state index contributed by atoms with van der Waals surface area (Å²) < 4.78 is 26.3. The van der Waals surface area contributed by atoms with E-state index in [2.05, 4.69) is 4.98 Å². The van der Waals surface area contributed by atoms with Crippen molar-refractivity contribution in [3.05, 3.63) is 59.4 Å². The number of rotatable bonds is 2. The van der Waals surface area contributed by atoms with Crippen LogP contribution in [0.5, 0.6) is 0 Å². The number of hydrogen-bond donors (Lipinski definition) is 0. The first kappa shape index (κ1) is 13.6. The zero-order chi connectivity index (χ0) is 15.0. The molecule has 0 radical (unpaired) electrons. The van der Waals surface area contributed by atoms with Crippen molar-refractivity contribution in [1.29, 1.82) is 5.26 Å². The smallest absolute Gasteiger partial charge is 0.239 e. The number of fused-ring (bicyclic) bond motifs is 1. The van der Waals surface area contributed by atoms with E-state index < -0.39 is 10.0 Å². The van der Waals surface area contributed by atoms with Gasteiger partial charge in [-0.1, -0.05) is 29.8 Å². The lowest BCUT2D eigenvalue weighted by molar-refractivity contribution is 0.589. The van der Waals surface area contributed by atoms with Crippen LogP contribution in [0.4, 0.5) is 0 Å². The summed E-state index contributed by atoms with van der Waals surface area (Å²) in [5, 5.41) is 9.02. The Balaban J connectivity index is 2.28. The van der Waals surface area contributed by atoms with Crippen LogP contribution in [0.3, 0.4) is 0 Å². The van der Waals surface area contributed by atoms with Gasteiger partial charge in [0.05, 0.1) is 21.0 Å². The Hall–Kier alpha value is -2.36. The first-order chi connectivity index (χ1) is 10.0. The Morgan fingerprint density at radius 1 is 1.19 bits per heavy atom. The summed E-state index contributed by atoms with van der Waals surface area (Å²) in [4.78, 5) is 4.21. The Kier molecular flexibility index (Phi) is 3.16. The predicted octanol–water partition coefficient (Wildman–Crippen LogP) is 2.80. The minimum atomic E-state index is -3.72. The minimum Gasteiger partial charge on any atom is -0.239 e. The number of aromatic nitrogens is 2. The van der Waals surface area contributed by atoms with Crippen molar-refractivity contribution >= 4 is 32.7 Å². The molecule has 2 heterocycles. The van der Waals surface area contributed by atoms with Crippen molar-refractivity contribution in [2.45, 2.75) is 4.90 Å². The van der Waals surface area contributed by atoms with Crippen LogP contribution in [0, 0.1) is 11.3 Å². The van der Waals surface area contributed by atoms with E-state index in [1.165, 1.54) is 30.5 Å². The van der Waals surface area contributed by atoms with Gasteiger partial charge in [-0.25, -0.2) is 17.4 Å². The van der Waals surface area contributed by atoms with E-state index in [1.54, 1.807) is 18.2 Å². The Labute approximate surface area is 126 Å². The average Bonchev–Trinajstić information content (AvgIpc) is 2.90. The molecule has 0 saturated carbocycles. The van der Waals surface area contributed by atoms with Gasteiger partial charge in [-0.15, -0.1) is 0 Å². The third-order valence-corrected chi connectivity index (χ3v) is 4.99. The Morgan fingerprint density at radius 2 is 1.90 bits per heavy atom. The second-order valence-corrected chi connectivity index (χ2v) is 6.49. The highest BCUT2D eigenvalue weighted by atomic mass is 35.5. The lowest BCUT2D eigenvalue weighted by Gasteiger charge is -2.07. The monoisotopic (exact) mass is 317 g/mol. The van der Waals surface area contributed by atoms with E-state index in [0.717, 1.165) is 3.97 Å². The van der Waals surface area contributed by atoms with E-state index in [-0.39, 0.29) is 15.6 Å². The van der Waals surface area contributed by atoms with Gasteiger partial charge in [0.15, 0.2) is 5.69 Å². The van der Waals surface area contributed by atoms with E-state index in [4.69, 9.17) is 16.9 Å². The molecule has 5 nitrogen and oxygen atoms in total. The molecule has 7 heteroatoms. The Morgan fingerprint density at radius 3 is 2.57 bits per heavy atom. The SMILES string of the molecule is N#Cc1nc2ccn(S(=O)(=O)c3ccccc3)c2cc1Cl. The van der Waals surface area contributed by atoms with Crippen molar-refractivity contribution in [3.63, 3.8) is 0 Å². The zero-order valence-corrected chi connectivity index (χ0v) is 12.1. The molecule has 2 aromatic heterocycles. The molecule has 0 amide bonds. The molecule has 0 atom stereocenters. The zero-order valence-electron chi connectivity index (χ0n) is 10.6. The summed E-state index contributed by atoms with van der Waals surface area (Å²) in [5.74, 6) is 0. The van der Waals surface area contributed by atoms with E-state index in [1.807, 2.05) is 6.07 Å². The molecule has 0 spiro atoms. The standard InChI is InChI=1S/C14H8ClN3O2S/c15-11-8-14-12(17-13(11)9-16)6-7-18(14)21(19,20)10-4-2-1-3-5-10/h1-8H. The van der Waals surface area contributed by atoms with E-state index in [0.29, 0.717) is 11.0 Å². The molecule has 3 rings (SSSR count). The topological polar surface area (TPSA) is 75.8 Å². The lowest BCUT2D eigenvalue weighted by Crippen LogP contribution is -2.11. The molecule has 1 aromatic carbocycles. The number of halogens is 1. The highest BCUT2D eigenvalue weighted by Gasteiger charge is 2.19. The van der Waals surface area contributed by atoms with Gasteiger partial charge in [-0.2, -0.15) is 5.26 Å². The fourth-order valence-corrected chi connectivity index (χ4v) is 3.55. The van der Waals surface area contributed by atoms with Crippen LogP contribution in [0.1, 0.15) is 5.69 Å². The van der Waals surface area contributed by atoms with Gasteiger partial charge in [0.1, 0.15) is 6.07 Å². The van der Waals surface area contributed by atoms with Gasteiger partial charge in [0.2, 0.25) is 0 Å². The molecular weight excluding hydrogens is 310 g/mol. The average molecular weight is 318 g/mol. The molecule has 104 valence electrons. The van der Waals surface area contributed by atoms with Crippen molar-refractivity contribution in [2.75, 3.05) is 0 Å². The van der Waals surface area contributed by atoms with Crippen LogP contribution in [0.25, 0.3) is 11.0 Å². The molecule has 0 aliphatic heterocycles. The first-order valence-corrected chi connectivity index (χ1v) is 7.74. The van der Waals surface area contributed by atoms with Gasteiger partial charge in [-0.05, 0) is 24.3 Å². The summed E-state index contributed by atoms with van der Waals surface area (Å²) in [5.41, 5.74) is 0.803. The van der Waals surface area contributed by atoms with Gasteiger partial charge < -0.3 is 0 Å². The molecule has 0 fully saturated rings. The highest BCUT2D eigenvalue weighted by Crippen LogP contribution is 2.25. The number of hydrogen-bond acceptors (Lipinski definition) is 4. The maximum Gasteiger partial charge on any atom is 0.268 e. The molecule has 0 N–H and O–H groups in total. The van der Waals surface area contributed by atoms with Crippen LogP contribution in [-0.4, -0.2) is 17.4 Å². The van der Waals surface area contributed by atoms with Crippen molar-refractivity contribution in [2.24, 2.45) is 0 Å². The Bertz CT molecular complexity index is 973. The normalized spacial score (nSPS) is 11.4.